The first-order chi connectivity index (χ1) is 7.56. The van der Waals surface area contributed by atoms with Crippen LogP contribution in [0.15, 0.2) is 12.2 Å². The summed E-state index contributed by atoms with van der Waals surface area (Å²) in [5, 5.41) is 3.49. The molecule has 0 aromatic rings. The second-order valence-corrected chi connectivity index (χ2v) is 5.64. The van der Waals surface area contributed by atoms with Gasteiger partial charge in [-0.1, -0.05) is 44.8 Å². The normalized spacial score (nSPS) is 12.5. The zero-order valence-electron chi connectivity index (χ0n) is 11.8. The van der Waals surface area contributed by atoms with Crippen molar-refractivity contribution in [1.82, 2.24) is 5.32 Å². The van der Waals surface area contributed by atoms with Crippen molar-refractivity contribution >= 4 is 0 Å². The maximum atomic E-state index is 3.49. The van der Waals surface area contributed by atoms with E-state index < -0.39 is 0 Å². The molecule has 0 spiro atoms. The lowest BCUT2D eigenvalue weighted by atomic mass is 10.1. The van der Waals surface area contributed by atoms with E-state index in [1.54, 1.807) is 0 Å². The molecule has 0 aliphatic rings. The summed E-state index contributed by atoms with van der Waals surface area (Å²) in [5.41, 5.74) is 0.258. The zero-order chi connectivity index (χ0) is 12.3. The van der Waals surface area contributed by atoms with Gasteiger partial charge < -0.3 is 5.32 Å². The molecule has 0 unspecified atom stereocenters. The van der Waals surface area contributed by atoms with Crippen LogP contribution in [0.1, 0.15) is 72.6 Å². The first kappa shape index (κ1) is 15.7. The molecule has 0 fully saturated rings. The Labute approximate surface area is 103 Å². The summed E-state index contributed by atoms with van der Waals surface area (Å²) in [6, 6.07) is 0. The Bertz CT molecular complexity index is 165. The summed E-state index contributed by atoms with van der Waals surface area (Å²) < 4.78 is 0. The van der Waals surface area contributed by atoms with Crippen LogP contribution in [0.25, 0.3) is 0 Å². The van der Waals surface area contributed by atoms with Gasteiger partial charge in [-0.15, -0.1) is 0 Å². The predicted octanol–water partition coefficient (Wildman–Crippen LogP) is 4.68. The molecule has 0 atom stereocenters. The lowest BCUT2D eigenvalue weighted by Crippen LogP contribution is -2.36. The summed E-state index contributed by atoms with van der Waals surface area (Å²) in [4.78, 5) is 0. The quantitative estimate of drug-likeness (QED) is 0.444. The molecular formula is C15H31N. The lowest BCUT2D eigenvalue weighted by molar-refractivity contribution is 0.431. The third kappa shape index (κ3) is 13.7. The molecule has 0 radical (unpaired) electrons. The Kier molecular flexibility index (Phi) is 9.71. The molecule has 0 heterocycles. The van der Waals surface area contributed by atoms with Crippen molar-refractivity contribution in [3.05, 3.63) is 12.2 Å². The van der Waals surface area contributed by atoms with Crippen LogP contribution in [0.3, 0.4) is 0 Å². The largest absolute Gasteiger partial charge is 0.312 e. The van der Waals surface area contributed by atoms with E-state index >= 15 is 0 Å². The van der Waals surface area contributed by atoms with Crippen LogP contribution in [0.4, 0.5) is 0 Å². The van der Waals surface area contributed by atoms with Gasteiger partial charge in [-0.3, -0.25) is 0 Å². The summed E-state index contributed by atoms with van der Waals surface area (Å²) >= 11 is 0. The Morgan fingerprint density at radius 3 is 2.12 bits per heavy atom. The van der Waals surface area contributed by atoms with E-state index in [4.69, 9.17) is 0 Å². The maximum absolute atomic E-state index is 3.49. The predicted molar refractivity (Wildman–Crippen MR) is 74.9 cm³/mol. The Morgan fingerprint density at radius 2 is 1.50 bits per heavy atom. The highest BCUT2D eigenvalue weighted by Crippen LogP contribution is 2.05. The molecule has 96 valence electrons. The summed E-state index contributed by atoms with van der Waals surface area (Å²) in [6.45, 7) is 10.00. The van der Waals surface area contributed by atoms with Crippen LogP contribution in [0, 0.1) is 0 Å². The Morgan fingerprint density at radius 1 is 0.875 bits per heavy atom. The lowest BCUT2D eigenvalue weighted by Gasteiger charge is -2.19. The highest BCUT2D eigenvalue weighted by Gasteiger charge is 2.05. The number of rotatable bonds is 9. The van der Waals surface area contributed by atoms with Gasteiger partial charge in [-0.25, -0.2) is 0 Å². The molecule has 0 aliphatic carbocycles. The van der Waals surface area contributed by atoms with Gasteiger partial charge in [0.2, 0.25) is 0 Å². The Balaban J connectivity index is 3.16. The number of unbranched alkanes of at least 4 members (excludes halogenated alkanes) is 5. The van der Waals surface area contributed by atoms with Crippen LogP contribution in [0.5, 0.6) is 0 Å². The molecule has 1 nitrogen and oxygen atoms in total. The standard InChI is InChI=1S/C15H31N/c1-5-6-7-8-9-10-11-12-13-14-16-15(2,3)4/h11-12,16H,5-10,13-14H2,1-4H3. The molecule has 16 heavy (non-hydrogen) atoms. The van der Waals surface area contributed by atoms with Crippen molar-refractivity contribution in [3.8, 4) is 0 Å². The fourth-order valence-corrected chi connectivity index (χ4v) is 1.63. The molecule has 0 bridgehead atoms. The van der Waals surface area contributed by atoms with Crippen LogP contribution >= 0.6 is 0 Å². The van der Waals surface area contributed by atoms with Crippen molar-refractivity contribution in [2.75, 3.05) is 6.54 Å². The van der Waals surface area contributed by atoms with Gasteiger partial charge in [-0.05, 0) is 46.6 Å². The molecule has 0 saturated heterocycles. The molecule has 1 N–H and O–H groups in total. The van der Waals surface area contributed by atoms with Gasteiger partial charge in [0, 0.05) is 5.54 Å². The van der Waals surface area contributed by atoms with Crippen LogP contribution in [-0.4, -0.2) is 12.1 Å². The van der Waals surface area contributed by atoms with Gasteiger partial charge >= 0.3 is 0 Å². The van der Waals surface area contributed by atoms with Crippen LogP contribution in [-0.2, 0) is 0 Å². The third-order valence-electron chi connectivity index (χ3n) is 2.61. The van der Waals surface area contributed by atoms with Crippen LogP contribution in [0.2, 0.25) is 0 Å². The minimum absolute atomic E-state index is 0.258. The number of allylic oxidation sites excluding steroid dienone is 1. The molecule has 0 saturated carbocycles. The second-order valence-electron chi connectivity index (χ2n) is 5.64. The van der Waals surface area contributed by atoms with Gasteiger partial charge in [-0.2, -0.15) is 0 Å². The SMILES string of the molecule is CCCCCCCC=CCCNC(C)(C)C. The summed E-state index contributed by atoms with van der Waals surface area (Å²) in [6.07, 6.45) is 14.0. The van der Waals surface area contributed by atoms with E-state index in [0.717, 1.165) is 13.0 Å². The van der Waals surface area contributed by atoms with Gasteiger partial charge in [0.25, 0.3) is 0 Å². The molecule has 1 heteroatoms. The van der Waals surface area contributed by atoms with Crippen molar-refractivity contribution < 1.29 is 0 Å². The monoisotopic (exact) mass is 225 g/mol. The fourth-order valence-electron chi connectivity index (χ4n) is 1.63. The average Bonchev–Trinajstić information content (AvgIpc) is 2.19. The highest BCUT2D eigenvalue weighted by molar-refractivity contribution is 4.83. The van der Waals surface area contributed by atoms with E-state index in [2.05, 4.69) is 45.2 Å². The van der Waals surface area contributed by atoms with Gasteiger partial charge in [0.1, 0.15) is 0 Å². The number of nitrogens with one attached hydrogen (secondary N) is 1. The van der Waals surface area contributed by atoms with E-state index in [1.807, 2.05) is 0 Å². The molecule has 0 rings (SSSR count). The summed E-state index contributed by atoms with van der Waals surface area (Å²) in [5.74, 6) is 0. The molecular weight excluding hydrogens is 194 g/mol. The van der Waals surface area contributed by atoms with Crippen molar-refractivity contribution in [1.29, 1.82) is 0 Å². The molecule has 0 amide bonds. The minimum Gasteiger partial charge on any atom is -0.312 e. The zero-order valence-corrected chi connectivity index (χ0v) is 11.8. The van der Waals surface area contributed by atoms with E-state index in [-0.39, 0.29) is 5.54 Å². The van der Waals surface area contributed by atoms with E-state index in [0.29, 0.717) is 0 Å². The number of hydrogen-bond acceptors (Lipinski definition) is 1. The minimum atomic E-state index is 0.258. The maximum Gasteiger partial charge on any atom is 0.00966 e. The smallest absolute Gasteiger partial charge is 0.00966 e. The van der Waals surface area contributed by atoms with Crippen molar-refractivity contribution in [3.63, 3.8) is 0 Å². The number of hydrogen-bond donors (Lipinski definition) is 1. The first-order valence-corrected chi connectivity index (χ1v) is 6.96. The Hall–Kier alpha value is -0.300. The summed E-state index contributed by atoms with van der Waals surface area (Å²) in [7, 11) is 0. The molecule has 0 aromatic carbocycles. The van der Waals surface area contributed by atoms with Gasteiger partial charge in [0.15, 0.2) is 0 Å². The van der Waals surface area contributed by atoms with Crippen molar-refractivity contribution in [2.24, 2.45) is 0 Å². The fraction of sp³-hybridized carbons (Fsp3) is 0.867. The average molecular weight is 225 g/mol. The third-order valence-corrected chi connectivity index (χ3v) is 2.61. The molecule has 0 aliphatic heterocycles. The van der Waals surface area contributed by atoms with Gasteiger partial charge in [0.05, 0.1) is 0 Å². The second kappa shape index (κ2) is 9.89. The topological polar surface area (TPSA) is 12.0 Å². The first-order valence-electron chi connectivity index (χ1n) is 6.96. The van der Waals surface area contributed by atoms with E-state index in [1.165, 1.54) is 38.5 Å². The van der Waals surface area contributed by atoms with E-state index in [9.17, 15) is 0 Å². The highest BCUT2D eigenvalue weighted by atomic mass is 14.9. The van der Waals surface area contributed by atoms with Crippen molar-refractivity contribution in [2.45, 2.75) is 78.2 Å². The van der Waals surface area contributed by atoms with Crippen LogP contribution < -0.4 is 5.32 Å². The molecule has 0 aromatic heterocycles.